The van der Waals surface area contributed by atoms with Crippen LogP contribution in [0.1, 0.15) is 49.4 Å². The van der Waals surface area contributed by atoms with Gasteiger partial charge in [0.2, 0.25) is 11.1 Å². The van der Waals surface area contributed by atoms with Crippen molar-refractivity contribution in [1.29, 1.82) is 0 Å². The summed E-state index contributed by atoms with van der Waals surface area (Å²) in [6.45, 7) is 4.49. The molecule has 1 N–H and O–H groups in total. The van der Waals surface area contributed by atoms with Crippen molar-refractivity contribution in [1.82, 2.24) is 14.8 Å². The van der Waals surface area contributed by atoms with E-state index in [0.717, 1.165) is 28.8 Å². The van der Waals surface area contributed by atoms with Crippen molar-refractivity contribution in [2.45, 2.75) is 50.2 Å². The average Bonchev–Trinajstić information content (AvgIpc) is 3.37. The number of hydrogen-bond acceptors (Lipinski definition) is 7. The maximum absolute atomic E-state index is 13.7. The Kier molecular flexibility index (Phi) is 8.52. The Balaban J connectivity index is 1.38. The molecule has 11 heteroatoms. The van der Waals surface area contributed by atoms with Crippen LogP contribution < -0.4 is 14.8 Å². The molecule has 43 heavy (non-hydrogen) atoms. The van der Waals surface area contributed by atoms with Gasteiger partial charge in [-0.05, 0) is 63.2 Å². The van der Waals surface area contributed by atoms with E-state index < -0.39 is 6.04 Å². The first kappa shape index (κ1) is 30.1. The van der Waals surface area contributed by atoms with Crippen LogP contribution in [0.2, 0.25) is 10.0 Å². The molecule has 2 aliphatic rings. The third kappa shape index (κ3) is 6.18. The van der Waals surface area contributed by atoms with Crippen LogP contribution in [0.25, 0.3) is 0 Å². The van der Waals surface area contributed by atoms with Crippen molar-refractivity contribution < 1.29 is 14.3 Å². The first-order valence-electron chi connectivity index (χ1n) is 13.7. The van der Waals surface area contributed by atoms with Crippen molar-refractivity contribution in [2.24, 2.45) is 5.41 Å². The highest BCUT2D eigenvalue weighted by Crippen LogP contribution is 2.48. The number of Topliss-reactive ketones (excluding diaryl/α,β-unsaturated/α-hetero) is 1. The molecular formula is C32H29BrCl2N4O3S. The predicted molar refractivity (Wildman–Crippen MR) is 174 cm³/mol. The molecule has 0 saturated heterocycles. The molecule has 222 valence electrons. The zero-order chi connectivity index (χ0) is 30.3. The number of rotatable bonds is 8. The van der Waals surface area contributed by atoms with Gasteiger partial charge >= 0.3 is 0 Å². The molecular weight excluding hydrogens is 671 g/mol. The fourth-order valence-electron chi connectivity index (χ4n) is 5.52. The number of carbonyl (C=O) groups excluding carboxylic acids is 1. The van der Waals surface area contributed by atoms with Gasteiger partial charge in [0, 0.05) is 39.1 Å². The van der Waals surface area contributed by atoms with Gasteiger partial charge in [0.1, 0.15) is 12.6 Å². The summed E-state index contributed by atoms with van der Waals surface area (Å²) < 4.78 is 14.5. The summed E-state index contributed by atoms with van der Waals surface area (Å²) in [7, 11) is 1.60. The standard InChI is InChI=1S/C32H29BrCl2N4O3S/c1-32(2)14-24-27(25(40)15-32)28(39-30(36-24)37-31(38-39)43-17-19-9-5-7-11-23(19)35)20-12-21(33)29(26(13-20)41-3)42-16-18-8-4-6-10-22(18)34/h4-13,28H,14-17H2,1-3H3,(H,36,37,38). The first-order chi connectivity index (χ1) is 20.6. The van der Waals surface area contributed by atoms with Gasteiger partial charge in [-0.2, -0.15) is 4.98 Å². The molecule has 0 radical (unpaired) electrons. The third-order valence-corrected chi connectivity index (χ3v) is 9.74. The molecule has 0 amide bonds. The van der Waals surface area contributed by atoms with Gasteiger partial charge in [0.25, 0.3) is 0 Å². The van der Waals surface area contributed by atoms with Gasteiger partial charge in [0.15, 0.2) is 17.3 Å². The van der Waals surface area contributed by atoms with E-state index in [-0.39, 0.29) is 17.8 Å². The number of hydrogen-bond donors (Lipinski definition) is 1. The lowest BCUT2D eigenvalue weighted by Gasteiger charge is -2.38. The number of allylic oxidation sites excluding steroid dienone is 2. The summed E-state index contributed by atoms with van der Waals surface area (Å²) in [6.07, 6.45) is 1.16. The molecule has 6 rings (SSSR count). The second-order valence-corrected chi connectivity index (χ2v) is 13.9. The van der Waals surface area contributed by atoms with E-state index in [1.54, 1.807) is 11.8 Å². The predicted octanol–water partition coefficient (Wildman–Crippen LogP) is 8.89. The fourth-order valence-corrected chi connectivity index (χ4v) is 7.40. The van der Waals surface area contributed by atoms with Gasteiger partial charge in [0.05, 0.1) is 11.6 Å². The van der Waals surface area contributed by atoms with E-state index in [9.17, 15) is 4.79 Å². The number of nitrogens with zero attached hydrogens (tertiary/aromatic N) is 3. The molecule has 4 aromatic rings. The zero-order valence-electron chi connectivity index (χ0n) is 23.8. The monoisotopic (exact) mass is 698 g/mol. The second kappa shape index (κ2) is 12.2. The number of carbonyl (C=O) groups is 1. The summed E-state index contributed by atoms with van der Waals surface area (Å²) in [5.74, 6) is 2.36. The number of halogens is 3. The van der Waals surface area contributed by atoms with Crippen molar-refractivity contribution in [2.75, 3.05) is 12.4 Å². The van der Waals surface area contributed by atoms with Gasteiger partial charge < -0.3 is 14.8 Å². The normalized spacial score (nSPS) is 17.3. The highest BCUT2D eigenvalue weighted by Gasteiger charge is 2.42. The molecule has 1 aliphatic heterocycles. The fraction of sp³-hybridized carbons (Fsp3) is 0.281. The number of benzene rings is 3. The van der Waals surface area contributed by atoms with Gasteiger partial charge in [-0.1, -0.05) is 85.2 Å². The Morgan fingerprint density at radius 1 is 1.07 bits per heavy atom. The number of aromatic nitrogens is 3. The lowest BCUT2D eigenvalue weighted by molar-refractivity contribution is -0.118. The molecule has 1 atom stereocenters. The number of fused-ring (bicyclic) bond motifs is 1. The Hall–Kier alpha value is -2.98. The molecule has 0 spiro atoms. The van der Waals surface area contributed by atoms with Crippen molar-refractivity contribution >= 4 is 62.6 Å². The lowest BCUT2D eigenvalue weighted by atomic mass is 9.73. The number of nitrogens with one attached hydrogen (secondary N) is 1. The van der Waals surface area contributed by atoms with E-state index in [2.05, 4.69) is 35.1 Å². The summed E-state index contributed by atoms with van der Waals surface area (Å²) >= 11 is 17.9. The molecule has 0 bridgehead atoms. The Morgan fingerprint density at radius 3 is 2.47 bits per heavy atom. The minimum atomic E-state index is -0.500. The first-order valence-corrected chi connectivity index (χ1v) is 16.3. The molecule has 1 aliphatic carbocycles. The number of ether oxygens (including phenoxy) is 2. The lowest BCUT2D eigenvalue weighted by Crippen LogP contribution is -2.36. The topological polar surface area (TPSA) is 78.3 Å². The SMILES string of the molecule is COc1cc(C2C3=C(CC(C)(C)CC3=O)Nc3nc(SCc4ccccc4Cl)nn32)cc(Br)c1OCc1ccccc1Cl. The largest absolute Gasteiger partial charge is 0.493 e. The Labute approximate surface area is 273 Å². The van der Waals surface area contributed by atoms with Crippen LogP contribution in [-0.2, 0) is 17.2 Å². The average molecular weight is 700 g/mol. The van der Waals surface area contributed by atoms with Gasteiger partial charge in [-0.3, -0.25) is 4.79 Å². The molecule has 0 saturated carbocycles. The maximum atomic E-state index is 13.7. The zero-order valence-corrected chi connectivity index (χ0v) is 27.7. The molecule has 3 aromatic carbocycles. The molecule has 1 aromatic heterocycles. The number of thioether (sulfide) groups is 1. The number of ketones is 1. The van der Waals surface area contributed by atoms with E-state index in [4.69, 9.17) is 42.8 Å². The van der Waals surface area contributed by atoms with Gasteiger partial charge in [-0.15, -0.1) is 5.10 Å². The summed E-state index contributed by atoms with van der Waals surface area (Å²) in [5, 5.41) is 10.2. The Morgan fingerprint density at radius 2 is 1.77 bits per heavy atom. The van der Waals surface area contributed by atoms with E-state index in [1.807, 2.05) is 60.7 Å². The quantitative estimate of drug-likeness (QED) is 0.184. The van der Waals surface area contributed by atoms with E-state index in [1.165, 1.54) is 11.8 Å². The summed E-state index contributed by atoms with van der Waals surface area (Å²) in [6, 6.07) is 18.7. The molecule has 0 fully saturated rings. The van der Waals surface area contributed by atoms with Crippen LogP contribution >= 0.6 is 50.9 Å². The van der Waals surface area contributed by atoms with Crippen LogP contribution in [-0.4, -0.2) is 27.7 Å². The number of anilines is 1. The van der Waals surface area contributed by atoms with Crippen LogP contribution in [0.5, 0.6) is 11.5 Å². The van der Waals surface area contributed by atoms with E-state index >= 15 is 0 Å². The molecule has 1 unspecified atom stereocenters. The highest BCUT2D eigenvalue weighted by atomic mass is 79.9. The summed E-state index contributed by atoms with van der Waals surface area (Å²) in [4.78, 5) is 18.6. The molecule has 2 heterocycles. The van der Waals surface area contributed by atoms with Crippen molar-refractivity contribution in [3.63, 3.8) is 0 Å². The maximum Gasteiger partial charge on any atom is 0.227 e. The smallest absolute Gasteiger partial charge is 0.227 e. The van der Waals surface area contributed by atoms with Crippen LogP contribution in [0.4, 0.5) is 5.95 Å². The second-order valence-electron chi connectivity index (χ2n) is 11.3. The van der Waals surface area contributed by atoms with E-state index in [0.29, 0.717) is 54.9 Å². The highest BCUT2D eigenvalue weighted by molar-refractivity contribution is 9.10. The Bertz CT molecular complexity index is 1760. The van der Waals surface area contributed by atoms with Crippen molar-refractivity contribution in [3.8, 4) is 11.5 Å². The summed E-state index contributed by atoms with van der Waals surface area (Å²) in [5.41, 5.74) is 4.08. The van der Waals surface area contributed by atoms with Crippen LogP contribution in [0, 0.1) is 5.41 Å². The van der Waals surface area contributed by atoms with Crippen molar-refractivity contribution in [3.05, 3.63) is 103 Å². The molecule has 7 nitrogen and oxygen atoms in total. The van der Waals surface area contributed by atoms with Crippen LogP contribution in [0.3, 0.4) is 0 Å². The van der Waals surface area contributed by atoms with Crippen LogP contribution in [0.15, 0.2) is 81.6 Å². The third-order valence-electron chi connectivity index (χ3n) is 7.52. The minimum Gasteiger partial charge on any atom is -0.493 e. The number of methoxy groups -OCH3 is 1. The van der Waals surface area contributed by atoms with Gasteiger partial charge in [-0.25, -0.2) is 4.68 Å². The minimum absolute atomic E-state index is 0.0873.